The molecule has 0 radical (unpaired) electrons. The molecule has 2 aliphatic heterocycles. The van der Waals surface area contributed by atoms with Gasteiger partial charge in [0, 0.05) is 84.2 Å². The number of aryl methyl sites for hydroxylation is 1. The van der Waals surface area contributed by atoms with Crippen LogP contribution in [0.3, 0.4) is 0 Å². The second-order valence-electron chi connectivity index (χ2n) is 23.8. The Morgan fingerprint density at radius 3 is 2.02 bits per heavy atom. The average molecular weight is 1370 g/mol. The van der Waals surface area contributed by atoms with Gasteiger partial charge in [0.2, 0.25) is 59.1 Å². The minimum Gasteiger partial charge on any atom is -0.508 e. The van der Waals surface area contributed by atoms with Crippen molar-refractivity contribution < 1.29 is 67.3 Å². The van der Waals surface area contributed by atoms with Crippen LogP contribution in [-0.2, 0) is 89.9 Å². The fourth-order valence-electron chi connectivity index (χ4n) is 11.3. The quantitative estimate of drug-likeness (QED) is 0.0611. The number of aliphatic carboxylic acids is 1. The normalized spacial score (nSPS) is 22.3. The summed E-state index contributed by atoms with van der Waals surface area (Å²) >= 11 is 2.82. The molecule has 4 aromatic carbocycles. The van der Waals surface area contributed by atoms with Crippen molar-refractivity contribution in [1.82, 2.24) is 62.4 Å². The molecule has 0 spiro atoms. The lowest BCUT2D eigenvalue weighted by atomic mass is 10.0. The lowest BCUT2D eigenvalue weighted by Crippen LogP contribution is -2.61. The van der Waals surface area contributed by atoms with Gasteiger partial charge in [0.25, 0.3) is 0 Å². The van der Waals surface area contributed by atoms with E-state index in [1.165, 1.54) is 89.6 Å². The number of rotatable bonds is 16. The molecule has 2 aliphatic rings. The number of nitrogens with zero attached hydrogens (tertiary/aromatic N) is 2. The zero-order chi connectivity index (χ0) is 69.4. The Balaban J connectivity index is 1.12. The molecule has 516 valence electrons. The third-order valence-corrected chi connectivity index (χ3v) is 18.6. The van der Waals surface area contributed by atoms with Crippen LogP contribution in [0.5, 0.6) is 5.75 Å². The number of imidazole rings is 1. The van der Waals surface area contributed by atoms with Gasteiger partial charge in [0.15, 0.2) is 0 Å². The van der Waals surface area contributed by atoms with Crippen LogP contribution in [0.15, 0.2) is 116 Å². The van der Waals surface area contributed by atoms with Gasteiger partial charge in [-0.1, -0.05) is 66.7 Å². The fourth-order valence-corrected chi connectivity index (χ4v) is 13.2. The number of hydrogen-bond donors (Lipinski definition) is 14. The number of carboxylic acids is 1. The van der Waals surface area contributed by atoms with E-state index in [0.717, 1.165) is 16.7 Å². The maximum atomic E-state index is 15.0. The summed E-state index contributed by atoms with van der Waals surface area (Å²) in [6.45, 7) is -0.279. The number of nitrogens with two attached hydrogens (primary N) is 2. The maximum absolute atomic E-state index is 15.0. The number of thioether (sulfide) groups is 2. The first kappa shape index (κ1) is 73.0. The van der Waals surface area contributed by atoms with E-state index in [9.17, 15) is 67.3 Å². The molecule has 16 N–H and O–H groups in total. The van der Waals surface area contributed by atoms with Gasteiger partial charge < -0.3 is 79.1 Å². The van der Waals surface area contributed by atoms with Crippen LogP contribution in [-0.4, -0.2) is 175 Å². The summed E-state index contributed by atoms with van der Waals surface area (Å²) in [6.07, 6.45) is 3.95. The third kappa shape index (κ3) is 22.4. The summed E-state index contributed by atoms with van der Waals surface area (Å²) in [5, 5.41) is 41.9. The Bertz CT molecular complexity index is 3730. The Morgan fingerprint density at radius 1 is 0.649 bits per heavy atom. The van der Waals surface area contributed by atoms with E-state index in [1.54, 1.807) is 30.3 Å². The molecule has 8 atom stereocenters. The second-order valence-corrected chi connectivity index (χ2v) is 25.9. The lowest BCUT2D eigenvalue weighted by Gasteiger charge is -2.31. The molecule has 97 heavy (non-hydrogen) atoms. The summed E-state index contributed by atoms with van der Waals surface area (Å²) in [5.74, 6) is -9.34. The molecule has 2 bridgehead atoms. The van der Waals surface area contributed by atoms with Crippen LogP contribution in [0.1, 0.15) is 84.9 Å². The highest BCUT2D eigenvalue weighted by Gasteiger charge is 2.41. The van der Waals surface area contributed by atoms with Gasteiger partial charge in [0.1, 0.15) is 59.9 Å². The molecule has 6 aromatic rings. The maximum Gasteiger partial charge on any atom is 0.305 e. The van der Waals surface area contributed by atoms with Gasteiger partial charge in [-0.2, -0.15) is 23.5 Å². The van der Waals surface area contributed by atoms with Gasteiger partial charge >= 0.3 is 5.97 Å². The number of aromatic amines is 2. The zero-order valence-electron chi connectivity index (χ0n) is 53.2. The lowest BCUT2D eigenvalue weighted by molar-refractivity contribution is -0.143. The highest BCUT2D eigenvalue weighted by atomic mass is 32.2. The number of phenolic OH excluding ortho intramolecular Hbond substituents is 1. The number of phenols is 1. The molecule has 0 aliphatic carbocycles. The highest BCUT2D eigenvalue weighted by molar-refractivity contribution is 7.98. The Kier molecular flexibility index (Phi) is 27.4. The van der Waals surface area contributed by atoms with Gasteiger partial charge in [-0.25, -0.2) is 9.37 Å². The summed E-state index contributed by atoms with van der Waals surface area (Å²) in [7, 11) is 0. The molecule has 0 saturated carbocycles. The molecule has 2 aromatic heterocycles. The molecule has 8 rings (SSSR count). The average Bonchev–Trinajstić information content (AvgIpc) is 1.21. The minimum absolute atomic E-state index is 0.0420. The van der Waals surface area contributed by atoms with Gasteiger partial charge in [0.05, 0.1) is 19.3 Å². The van der Waals surface area contributed by atoms with E-state index in [2.05, 4.69) is 57.5 Å². The summed E-state index contributed by atoms with van der Waals surface area (Å²) in [6, 6.07) is 14.6. The van der Waals surface area contributed by atoms with E-state index in [0.29, 0.717) is 65.1 Å². The SMILES string of the molecule is NCCCC[C@@H]1NC(=O)CCSCc2cccc(c2)CSC[C@@H](C(N)=O)NC(=O)[C@@H]2CCCN2C(=O)[C@H](Cc2ccc(O)cc2)NC(=O)[C@H](Cc2cnc[nH]2)NC(=O)[C@H](CC(=O)O)NC(=O)[C@H](Cc2c[nH]c3ccc(F)cc23)NC(=O)C(CCc2ccccc2)NC(=O)CNC1=O. The van der Waals surface area contributed by atoms with E-state index in [4.69, 9.17) is 11.5 Å². The standard InChI is InChI=1S/C67H81FN14O13S2/c68-44-17-21-48-47(29-44)43(32-72-48)28-51-63(91)79-53(31-59(86)87)65(93)78-52(30-45-33-71-38-74-45)64(92)80-54(27-40-14-18-46(83)19-15-40)67(95)82-24-7-13-56(82)66(94)81-55(60(70)88)37-97-36-42-11-6-10-41(26-42)35-96-25-22-57(84)75-49(12-4-5-23-69)61(89)73-34-58(85)76-50(62(90)77-51)20-16-39-8-2-1-3-9-39/h1-3,6,8-11,14-15,17-19,21,26,29,32-33,38,49-56,72,83H,4-5,7,12-13,16,20,22-25,27-28,30-31,34-37,69H2,(H2,70,88)(H,71,74)(H,73,89)(H,75,84)(H,76,85)(H,77,90)(H,78,93)(H,79,91)(H,80,92)(H,81,94)(H,86,87)/t49-,50?,51-,52-,53-,54-,55-,56-/m0/s1. The van der Waals surface area contributed by atoms with Crippen molar-refractivity contribution in [3.05, 3.63) is 155 Å². The van der Waals surface area contributed by atoms with Crippen LogP contribution in [0.2, 0.25) is 0 Å². The minimum atomic E-state index is -1.99. The van der Waals surface area contributed by atoms with E-state index >= 15 is 0 Å². The Morgan fingerprint density at radius 2 is 1.32 bits per heavy atom. The molecular weight excluding hydrogens is 1290 g/mol. The van der Waals surface area contributed by atoms with Crippen molar-refractivity contribution in [2.45, 2.75) is 137 Å². The second kappa shape index (κ2) is 36.3. The van der Waals surface area contributed by atoms with Gasteiger partial charge in [-0.15, -0.1) is 0 Å². The number of aromatic nitrogens is 3. The number of carbonyl (C=O) groups excluding carboxylic acids is 10. The Labute approximate surface area is 566 Å². The highest BCUT2D eigenvalue weighted by Crippen LogP contribution is 2.25. The van der Waals surface area contributed by atoms with E-state index in [-0.39, 0.29) is 68.7 Å². The number of halogens is 1. The monoisotopic (exact) mass is 1370 g/mol. The summed E-state index contributed by atoms with van der Waals surface area (Å²) in [5.41, 5.74) is 15.7. The number of nitrogens with one attached hydrogen (secondary N) is 10. The first-order valence-electron chi connectivity index (χ1n) is 31.9. The first-order valence-corrected chi connectivity index (χ1v) is 34.2. The van der Waals surface area contributed by atoms with Crippen LogP contribution < -0.4 is 54.0 Å². The van der Waals surface area contributed by atoms with Crippen molar-refractivity contribution >= 4 is 99.5 Å². The molecule has 1 unspecified atom stereocenters. The number of benzene rings is 4. The van der Waals surface area contributed by atoms with Crippen LogP contribution in [0.4, 0.5) is 4.39 Å². The van der Waals surface area contributed by atoms with Crippen molar-refractivity contribution in [1.29, 1.82) is 0 Å². The summed E-state index contributed by atoms with van der Waals surface area (Å²) < 4.78 is 14.9. The number of carbonyl (C=O) groups is 11. The van der Waals surface area contributed by atoms with Crippen molar-refractivity contribution in [2.75, 3.05) is 31.1 Å². The smallest absolute Gasteiger partial charge is 0.305 e. The zero-order valence-corrected chi connectivity index (χ0v) is 54.8. The molecule has 1 fully saturated rings. The molecule has 27 nitrogen and oxygen atoms in total. The topological polar surface area (TPSA) is 424 Å². The number of fused-ring (bicyclic) bond motifs is 4. The first-order chi connectivity index (χ1) is 46.7. The number of primary amides is 1. The molecule has 1 saturated heterocycles. The van der Waals surface area contributed by atoms with Crippen LogP contribution in [0, 0.1) is 5.82 Å². The number of hydrogen-bond acceptors (Lipinski definition) is 16. The molecule has 10 amide bonds. The predicted molar refractivity (Wildman–Crippen MR) is 360 cm³/mol. The van der Waals surface area contributed by atoms with Gasteiger partial charge in [-0.3, -0.25) is 52.7 Å². The number of amides is 10. The molecule has 30 heteroatoms. The fraction of sp³-hybridized carbons (Fsp3) is 0.403. The van der Waals surface area contributed by atoms with Crippen molar-refractivity contribution in [3.63, 3.8) is 0 Å². The van der Waals surface area contributed by atoms with E-state index in [1.807, 2.05) is 24.3 Å². The predicted octanol–water partition coefficient (Wildman–Crippen LogP) is 1.56. The Hall–Kier alpha value is -9.81. The number of H-pyrrole nitrogens is 2. The third-order valence-electron chi connectivity index (χ3n) is 16.4. The van der Waals surface area contributed by atoms with Crippen molar-refractivity contribution in [2.24, 2.45) is 11.5 Å². The number of carboxylic acid groups (broad SMARTS) is 1. The number of unbranched alkanes of at least 4 members (excludes halogenated alkanes) is 1. The summed E-state index contributed by atoms with van der Waals surface area (Å²) in [4.78, 5) is 167. The van der Waals surface area contributed by atoms with Gasteiger partial charge in [-0.05, 0) is 110 Å². The van der Waals surface area contributed by atoms with Crippen LogP contribution >= 0.6 is 23.5 Å². The molecular formula is C67H81FN14O13S2. The van der Waals surface area contributed by atoms with Crippen molar-refractivity contribution in [3.8, 4) is 5.75 Å². The van der Waals surface area contributed by atoms with Crippen LogP contribution in [0.25, 0.3) is 10.9 Å². The largest absolute Gasteiger partial charge is 0.508 e. The number of aromatic hydroxyl groups is 1. The molecule has 4 heterocycles. The van der Waals surface area contributed by atoms with E-state index < -0.39 is 139 Å².